The molecule has 0 aliphatic carbocycles. The Kier molecular flexibility index (Phi) is 6.36. The van der Waals surface area contributed by atoms with Crippen LogP contribution in [-0.2, 0) is 21.2 Å². The van der Waals surface area contributed by atoms with Crippen molar-refractivity contribution in [3.63, 3.8) is 0 Å². The topological polar surface area (TPSA) is 80.5 Å². The highest BCUT2D eigenvalue weighted by atomic mass is 32.2. The van der Waals surface area contributed by atoms with E-state index in [-0.39, 0.29) is 16.8 Å². The third kappa shape index (κ3) is 5.47. The molecular weight excluding hydrogens is 288 g/mol. The minimum absolute atomic E-state index is 0.0902. The van der Waals surface area contributed by atoms with Crippen molar-refractivity contribution in [3.8, 4) is 0 Å². The molecule has 0 saturated carbocycles. The summed E-state index contributed by atoms with van der Waals surface area (Å²) in [5, 5.41) is 5.05. The van der Waals surface area contributed by atoms with Gasteiger partial charge < -0.3 is 4.90 Å². The average molecular weight is 312 g/mol. The maximum atomic E-state index is 12.2. The van der Waals surface area contributed by atoms with Gasteiger partial charge in [-0.3, -0.25) is 4.79 Å². The fourth-order valence-electron chi connectivity index (χ4n) is 2.15. The minimum Gasteiger partial charge on any atom is -0.340 e. The number of hydrogen-bond acceptors (Lipinski definition) is 3. The van der Waals surface area contributed by atoms with Gasteiger partial charge in [0, 0.05) is 19.0 Å². The van der Waals surface area contributed by atoms with Gasteiger partial charge in [0.1, 0.15) is 0 Å². The molecule has 0 heterocycles. The molecule has 0 saturated heterocycles. The molecule has 1 aromatic rings. The molecule has 1 amide bonds. The molecule has 0 aliphatic rings. The van der Waals surface area contributed by atoms with Crippen LogP contribution in [0.1, 0.15) is 39.2 Å². The van der Waals surface area contributed by atoms with Gasteiger partial charge in [0.05, 0.1) is 4.90 Å². The van der Waals surface area contributed by atoms with Crippen LogP contribution in [0.4, 0.5) is 0 Å². The Labute approximate surface area is 127 Å². The fourth-order valence-corrected chi connectivity index (χ4v) is 2.67. The largest absolute Gasteiger partial charge is 0.340 e. The molecule has 1 aromatic carbocycles. The van der Waals surface area contributed by atoms with Crippen molar-refractivity contribution >= 4 is 15.9 Å². The Hall–Kier alpha value is -1.40. The molecule has 118 valence electrons. The minimum atomic E-state index is -3.66. The second kappa shape index (κ2) is 7.56. The number of hydrogen-bond donors (Lipinski definition) is 1. The van der Waals surface area contributed by atoms with Crippen LogP contribution in [0.5, 0.6) is 0 Å². The van der Waals surface area contributed by atoms with Crippen LogP contribution in [0.25, 0.3) is 0 Å². The molecule has 0 aliphatic heterocycles. The predicted octanol–water partition coefficient (Wildman–Crippen LogP) is 1.91. The van der Waals surface area contributed by atoms with Gasteiger partial charge in [-0.05, 0) is 44.4 Å². The molecule has 0 radical (unpaired) electrons. The fraction of sp³-hybridized carbons (Fsp3) is 0.533. The van der Waals surface area contributed by atoms with Gasteiger partial charge in [-0.1, -0.05) is 19.1 Å². The molecular formula is C15H24N2O3S. The lowest BCUT2D eigenvalue weighted by Gasteiger charge is -2.26. The van der Waals surface area contributed by atoms with E-state index < -0.39 is 10.0 Å². The third-order valence-corrected chi connectivity index (χ3v) is 4.22. The molecule has 6 heteroatoms. The lowest BCUT2D eigenvalue weighted by molar-refractivity contribution is -0.132. The summed E-state index contributed by atoms with van der Waals surface area (Å²) in [6.45, 7) is 6.83. The van der Waals surface area contributed by atoms with Crippen molar-refractivity contribution in [1.82, 2.24) is 4.90 Å². The van der Waals surface area contributed by atoms with Gasteiger partial charge in [0.25, 0.3) is 0 Å². The van der Waals surface area contributed by atoms with Crippen molar-refractivity contribution in [2.45, 2.75) is 51.0 Å². The van der Waals surface area contributed by atoms with E-state index in [1.165, 1.54) is 12.1 Å². The molecule has 0 bridgehead atoms. The summed E-state index contributed by atoms with van der Waals surface area (Å²) in [5.74, 6) is 0.127. The van der Waals surface area contributed by atoms with E-state index in [1.807, 2.05) is 18.7 Å². The number of amides is 1. The highest BCUT2D eigenvalue weighted by Crippen LogP contribution is 2.12. The van der Waals surface area contributed by atoms with E-state index >= 15 is 0 Å². The number of nitrogens with two attached hydrogens (primary N) is 1. The SMILES string of the molecule is CCCN(C(=O)CCc1ccc(S(N)(=O)=O)cc1)C(C)C. The van der Waals surface area contributed by atoms with Crippen LogP contribution in [0.2, 0.25) is 0 Å². The van der Waals surface area contributed by atoms with Gasteiger partial charge in [-0.2, -0.15) is 0 Å². The molecule has 5 nitrogen and oxygen atoms in total. The standard InChI is InChI=1S/C15H24N2O3S/c1-4-11-17(12(2)3)15(18)10-7-13-5-8-14(9-6-13)21(16,19)20/h5-6,8-9,12H,4,7,10-11H2,1-3H3,(H2,16,19,20). The smallest absolute Gasteiger partial charge is 0.238 e. The zero-order valence-electron chi connectivity index (χ0n) is 12.9. The summed E-state index contributed by atoms with van der Waals surface area (Å²) in [6, 6.07) is 6.55. The molecule has 2 N–H and O–H groups in total. The summed E-state index contributed by atoms with van der Waals surface area (Å²) in [4.78, 5) is 14.1. The van der Waals surface area contributed by atoms with Gasteiger partial charge in [0.15, 0.2) is 0 Å². The maximum Gasteiger partial charge on any atom is 0.238 e. The Morgan fingerprint density at radius 2 is 1.81 bits per heavy atom. The molecule has 0 unspecified atom stereocenters. The Morgan fingerprint density at radius 3 is 2.24 bits per heavy atom. The average Bonchev–Trinajstić information content (AvgIpc) is 2.41. The van der Waals surface area contributed by atoms with Crippen molar-refractivity contribution in [2.24, 2.45) is 5.14 Å². The van der Waals surface area contributed by atoms with Crippen molar-refractivity contribution < 1.29 is 13.2 Å². The first kappa shape index (κ1) is 17.7. The molecule has 21 heavy (non-hydrogen) atoms. The van der Waals surface area contributed by atoms with Gasteiger partial charge in [-0.15, -0.1) is 0 Å². The highest BCUT2D eigenvalue weighted by Gasteiger charge is 2.15. The molecule has 1 rings (SSSR count). The molecule has 0 aromatic heterocycles. The zero-order chi connectivity index (χ0) is 16.0. The lowest BCUT2D eigenvalue weighted by Crippen LogP contribution is -2.37. The lowest BCUT2D eigenvalue weighted by atomic mass is 10.1. The van der Waals surface area contributed by atoms with E-state index in [0.717, 1.165) is 18.5 Å². The third-order valence-electron chi connectivity index (χ3n) is 3.29. The Bertz CT molecular complexity index is 565. The molecule has 0 atom stereocenters. The van der Waals surface area contributed by atoms with Crippen LogP contribution in [0.3, 0.4) is 0 Å². The Morgan fingerprint density at radius 1 is 1.24 bits per heavy atom. The van der Waals surface area contributed by atoms with E-state index in [2.05, 4.69) is 6.92 Å². The quantitative estimate of drug-likeness (QED) is 0.835. The summed E-state index contributed by atoms with van der Waals surface area (Å²) in [7, 11) is -3.66. The van der Waals surface area contributed by atoms with Gasteiger partial charge in [0.2, 0.25) is 15.9 Å². The summed E-state index contributed by atoms with van der Waals surface area (Å²) < 4.78 is 22.3. The van der Waals surface area contributed by atoms with E-state index in [1.54, 1.807) is 12.1 Å². The number of benzene rings is 1. The second-order valence-corrected chi connectivity index (χ2v) is 6.93. The number of aryl methyl sites for hydroxylation is 1. The maximum absolute atomic E-state index is 12.2. The summed E-state index contributed by atoms with van der Waals surface area (Å²) in [5.41, 5.74) is 0.927. The van der Waals surface area contributed by atoms with Crippen molar-refractivity contribution in [2.75, 3.05) is 6.54 Å². The number of rotatable bonds is 7. The van der Waals surface area contributed by atoms with Crippen molar-refractivity contribution in [3.05, 3.63) is 29.8 Å². The second-order valence-electron chi connectivity index (χ2n) is 5.37. The first-order valence-electron chi connectivity index (χ1n) is 7.17. The van der Waals surface area contributed by atoms with Gasteiger partial charge >= 0.3 is 0 Å². The van der Waals surface area contributed by atoms with Crippen LogP contribution >= 0.6 is 0 Å². The van der Waals surface area contributed by atoms with Crippen LogP contribution < -0.4 is 5.14 Å². The highest BCUT2D eigenvalue weighted by molar-refractivity contribution is 7.89. The Balaban J connectivity index is 2.64. The summed E-state index contributed by atoms with van der Waals surface area (Å²) >= 11 is 0. The number of carbonyl (C=O) groups excluding carboxylic acids is 1. The van der Waals surface area contributed by atoms with E-state index in [9.17, 15) is 13.2 Å². The monoisotopic (exact) mass is 312 g/mol. The van der Waals surface area contributed by atoms with E-state index in [4.69, 9.17) is 5.14 Å². The number of primary sulfonamides is 1. The normalized spacial score (nSPS) is 11.7. The first-order valence-corrected chi connectivity index (χ1v) is 8.71. The van der Waals surface area contributed by atoms with Crippen LogP contribution in [0, 0.1) is 0 Å². The molecule has 0 spiro atoms. The van der Waals surface area contributed by atoms with Crippen molar-refractivity contribution in [1.29, 1.82) is 0 Å². The zero-order valence-corrected chi connectivity index (χ0v) is 13.7. The first-order chi connectivity index (χ1) is 9.75. The van der Waals surface area contributed by atoms with Crippen LogP contribution in [0.15, 0.2) is 29.2 Å². The van der Waals surface area contributed by atoms with E-state index in [0.29, 0.717) is 12.8 Å². The van der Waals surface area contributed by atoms with Crippen LogP contribution in [-0.4, -0.2) is 31.8 Å². The number of carbonyl (C=O) groups is 1. The number of sulfonamides is 1. The summed E-state index contributed by atoms with van der Waals surface area (Å²) in [6.07, 6.45) is 1.95. The predicted molar refractivity (Wildman–Crippen MR) is 83.3 cm³/mol. The number of nitrogens with zero attached hydrogens (tertiary/aromatic N) is 1. The van der Waals surface area contributed by atoms with Gasteiger partial charge in [-0.25, -0.2) is 13.6 Å². The molecule has 0 fully saturated rings.